The Morgan fingerprint density at radius 3 is 2.59 bits per heavy atom. The Morgan fingerprint density at radius 1 is 1.35 bits per heavy atom. The molecule has 0 aromatic heterocycles. The molecule has 5 heteroatoms. The first kappa shape index (κ1) is 14.6. The van der Waals surface area contributed by atoms with Gasteiger partial charge in [-0.25, -0.2) is 0 Å². The fourth-order valence-electron chi connectivity index (χ4n) is 1.36. The highest BCUT2D eigenvalue weighted by Crippen LogP contribution is 2.22. The molecule has 1 aromatic rings. The van der Waals surface area contributed by atoms with Crippen molar-refractivity contribution in [3.63, 3.8) is 0 Å². The maximum Gasteiger partial charge on any atom is 0.224 e. The molecule has 1 rings (SSSR count). The molecule has 17 heavy (non-hydrogen) atoms. The van der Waals surface area contributed by atoms with E-state index in [0.29, 0.717) is 15.9 Å². The van der Waals surface area contributed by atoms with Crippen LogP contribution in [0.2, 0.25) is 10.0 Å². The molecule has 0 heterocycles. The second-order valence-electron chi connectivity index (χ2n) is 3.75. The first-order valence-electron chi connectivity index (χ1n) is 5.36. The molecule has 1 amide bonds. The number of carbonyl (C=O) groups excluding carboxylic acids is 1. The van der Waals surface area contributed by atoms with Crippen molar-refractivity contribution < 1.29 is 4.79 Å². The zero-order chi connectivity index (χ0) is 12.8. The summed E-state index contributed by atoms with van der Waals surface area (Å²) in [7, 11) is 0. The predicted octanol–water partition coefficient (Wildman–Crippen LogP) is 3.67. The number of amides is 1. The van der Waals surface area contributed by atoms with Crippen LogP contribution in [0.3, 0.4) is 0 Å². The Balaban J connectivity index is 2.58. The maximum absolute atomic E-state index is 11.7. The molecule has 0 fully saturated rings. The molecule has 0 saturated carbocycles. The third-order valence-electron chi connectivity index (χ3n) is 2.39. The van der Waals surface area contributed by atoms with Crippen LogP contribution >= 0.6 is 34.8 Å². The van der Waals surface area contributed by atoms with Crippen LogP contribution in [0.15, 0.2) is 18.2 Å². The fourth-order valence-corrected chi connectivity index (χ4v) is 1.98. The Morgan fingerprint density at radius 2 is 2.06 bits per heavy atom. The monoisotopic (exact) mass is 293 g/mol. The van der Waals surface area contributed by atoms with Crippen molar-refractivity contribution >= 4 is 40.7 Å². The lowest BCUT2D eigenvalue weighted by atomic mass is 10.1. The highest BCUT2D eigenvalue weighted by Gasteiger charge is 2.10. The summed E-state index contributed by atoms with van der Waals surface area (Å²) in [4.78, 5) is 11.7. The molecule has 1 N–H and O–H groups in total. The normalized spacial score (nSPS) is 12.2. The molecule has 1 atom stereocenters. The van der Waals surface area contributed by atoms with Crippen LogP contribution in [-0.4, -0.2) is 17.8 Å². The zero-order valence-electron chi connectivity index (χ0n) is 9.47. The first-order valence-corrected chi connectivity index (χ1v) is 6.65. The van der Waals surface area contributed by atoms with Gasteiger partial charge >= 0.3 is 0 Å². The van der Waals surface area contributed by atoms with Crippen LogP contribution in [0.1, 0.15) is 18.9 Å². The van der Waals surface area contributed by atoms with E-state index in [1.165, 1.54) is 0 Å². The van der Waals surface area contributed by atoms with Gasteiger partial charge < -0.3 is 5.32 Å². The summed E-state index contributed by atoms with van der Waals surface area (Å²) < 4.78 is 0. The molecule has 0 aliphatic heterocycles. The van der Waals surface area contributed by atoms with E-state index in [2.05, 4.69) is 5.32 Å². The summed E-state index contributed by atoms with van der Waals surface area (Å²) in [6.45, 7) is 1.98. The van der Waals surface area contributed by atoms with E-state index in [1.807, 2.05) is 6.92 Å². The van der Waals surface area contributed by atoms with Gasteiger partial charge in [-0.3, -0.25) is 4.79 Å². The first-order chi connectivity index (χ1) is 8.06. The van der Waals surface area contributed by atoms with Crippen LogP contribution in [0.5, 0.6) is 0 Å². The molecule has 0 spiro atoms. The molecule has 0 aliphatic carbocycles. The van der Waals surface area contributed by atoms with Crippen LogP contribution in [0, 0.1) is 0 Å². The van der Waals surface area contributed by atoms with Crippen molar-refractivity contribution in [1.29, 1.82) is 0 Å². The summed E-state index contributed by atoms with van der Waals surface area (Å²) in [5, 5.41) is 3.80. The predicted molar refractivity (Wildman–Crippen MR) is 73.1 cm³/mol. The lowest BCUT2D eigenvalue weighted by molar-refractivity contribution is -0.121. The summed E-state index contributed by atoms with van der Waals surface area (Å²) in [5.74, 6) is 0.361. The molecule has 0 aliphatic rings. The minimum Gasteiger partial charge on any atom is -0.352 e. The quantitative estimate of drug-likeness (QED) is 0.825. The van der Waals surface area contributed by atoms with E-state index in [-0.39, 0.29) is 18.4 Å². The van der Waals surface area contributed by atoms with E-state index >= 15 is 0 Å². The molecule has 2 nitrogen and oxygen atoms in total. The SMILES string of the molecule is CCC(CCl)NC(=O)Cc1ccc(Cl)c(Cl)c1. The summed E-state index contributed by atoms with van der Waals surface area (Å²) in [5.41, 5.74) is 0.835. The number of alkyl halides is 1. The zero-order valence-corrected chi connectivity index (χ0v) is 11.7. The summed E-state index contributed by atoms with van der Waals surface area (Å²) in [6, 6.07) is 5.19. The average molecular weight is 295 g/mol. The Hall–Kier alpha value is -0.440. The number of rotatable bonds is 5. The maximum atomic E-state index is 11.7. The second kappa shape index (κ2) is 7.10. The third kappa shape index (κ3) is 4.74. The van der Waals surface area contributed by atoms with Gasteiger partial charge in [-0.05, 0) is 24.1 Å². The molecule has 1 unspecified atom stereocenters. The van der Waals surface area contributed by atoms with E-state index in [4.69, 9.17) is 34.8 Å². The molecule has 0 saturated heterocycles. The smallest absolute Gasteiger partial charge is 0.224 e. The van der Waals surface area contributed by atoms with Crippen molar-refractivity contribution in [2.24, 2.45) is 0 Å². The van der Waals surface area contributed by atoms with E-state index in [0.717, 1.165) is 12.0 Å². The van der Waals surface area contributed by atoms with Crippen molar-refractivity contribution in [3.8, 4) is 0 Å². The van der Waals surface area contributed by atoms with E-state index in [9.17, 15) is 4.79 Å². The van der Waals surface area contributed by atoms with Crippen LogP contribution in [0.4, 0.5) is 0 Å². The average Bonchev–Trinajstić information content (AvgIpc) is 2.31. The second-order valence-corrected chi connectivity index (χ2v) is 4.88. The lowest BCUT2D eigenvalue weighted by Crippen LogP contribution is -2.36. The largest absolute Gasteiger partial charge is 0.352 e. The summed E-state index contributed by atoms with van der Waals surface area (Å²) in [6.07, 6.45) is 1.10. The Bertz CT molecular complexity index is 391. The highest BCUT2D eigenvalue weighted by molar-refractivity contribution is 6.42. The van der Waals surface area contributed by atoms with Crippen molar-refractivity contribution in [2.45, 2.75) is 25.8 Å². The van der Waals surface area contributed by atoms with Crippen LogP contribution in [-0.2, 0) is 11.2 Å². The number of halogens is 3. The third-order valence-corrected chi connectivity index (χ3v) is 3.50. The van der Waals surface area contributed by atoms with Gasteiger partial charge in [-0.15, -0.1) is 11.6 Å². The highest BCUT2D eigenvalue weighted by atomic mass is 35.5. The number of hydrogen-bond acceptors (Lipinski definition) is 1. The van der Waals surface area contributed by atoms with Gasteiger partial charge in [0.2, 0.25) is 5.91 Å². The molecule has 94 valence electrons. The van der Waals surface area contributed by atoms with Crippen LogP contribution in [0.25, 0.3) is 0 Å². The van der Waals surface area contributed by atoms with Gasteiger partial charge in [0.05, 0.1) is 16.5 Å². The number of nitrogens with one attached hydrogen (secondary N) is 1. The Kier molecular flexibility index (Phi) is 6.10. The standard InChI is InChI=1S/C12H14Cl3NO/c1-2-9(7-13)16-12(17)6-8-3-4-10(14)11(15)5-8/h3-5,9H,2,6-7H2,1H3,(H,16,17). The molecular weight excluding hydrogens is 280 g/mol. The number of hydrogen-bond donors (Lipinski definition) is 1. The van der Waals surface area contributed by atoms with Crippen molar-refractivity contribution in [2.75, 3.05) is 5.88 Å². The molecule has 0 radical (unpaired) electrons. The Labute approximate surface area is 116 Å². The molecule has 1 aromatic carbocycles. The topological polar surface area (TPSA) is 29.1 Å². The van der Waals surface area contributed by atoms with Gasteiger partial charge in [0.1, 0.15) is 0 Å². The van der Waals surface area contributed by atoms with E-state index in [1.54, 1.807) is 18.2 Å². The fraction of sp³-hybridized carbons (Fsp3) is 0.417. The van der Waals surface area contributed by atoms with Gasteiger partial charge in [0, 0.05) is 11.9 Å². The summed E-state index contributed by atoms with van der Waals surface area (Å²) >= 11 is 17.4. The molecular formula is C12H14Cl3NO. The van der Waals surface area contributed by atoms with Crippen LogP contribution < -0.4 is 5.32 Å². The number of carbonyl (C=O) groups is 1. The van der Waals surface area contributed by atoms with Crippen molar-refractivity contribution in [3.05, 3.63) is 33.8 Å². The minimum absolute atomic E-state index is 0.0203. The van der Waals surface area contributed by atoms with Gasteiger partial charge in [-0.1, -0.05) is 36.2 Å². The van der Waals surface area contributed by atoms with Gasteiger partial charge in [0.25, 0.3) is 0 Å². The van der Waals surface area contributed by atoms with E-state index < -0.39 is 0 Å². The lowest BCUT2D eigenvalue weighted by Gasteiger charge is -2.13. The van der Waals surface area contributed by atoms with Crippen molar-refractivity contribution in [1.82, 2.24) is 5.32 Å². The number of benzene rings is 1. The van der Waals surface area contributed by atoms with Gasteiger partial charge in [0.15, 0.2) is 0 Å². The molecule has 0 bridgehead atoms. The minimum atomic E-state index is -0.0594. The van der Waals surface area contributed by atoms with Gasteiger partial charge in [-0.2, -0.15) is 0 Å².